The largest absolute Gasteiger partial charge is 0.334 e. The lowest BCUT2D eigenvalue weighted by Gasteiger charge is -2.22. The first-order valence-electron chi connectivity index (χ1n) is 7.05. The Morgan fingerprint density at radius 1 is 1.50 bits per heavy atom. The third-order valence-corrected chi connectivity index (χ3v) is 5.11. The first-order valence-corrected chi connectivity index (χ1v) is 7.93. The average Bonchev–Trinajstić information content (AvgIpc) is 3.07. The van der Waals surface area contributed by atoms with Gasteiger partial charge in [0.1, 0.15) is 5.82 Å². The number of hydrogen-bond donors (Lipinski definition) is 2. The van der Waals surface area contributed by atoms with Crippen LogP contribution in [0.3, 0.4) is 0 Å². The van der Waals surface area contributed by atoms with Crippen LogP contribution in [0.15, 0.2) is 41.6 Å². The fraction of sp³-hybridized carbons (Fsp3) is 0.400. The number of thioether (sulfide) groups is 1. The van der Waals surface area contributed by atoms with Crippen molar-refractivity contribution in [1.29, 1.82) is 0 Å². The van der Waals surface area contributed by atoms with Crippen LogP contribution in [0.5, 0.6) is 0 Å². The fourth-order valence-electron chi connectivity index (χ4n) is 2.77. The Bertz CT molecular complexity index is 556. The summed E-state index contributed by atoms with van der Waals surface area (Å²) in [6.45, 7) is 3.16. The summed E-state index contributed by atoms with van der Waals surface area (Å²) in [5.41, 5.74) is 4.39. The van der Waals surface area contributed by atoms with E-state index in [-0.39, 0.29) is 6.04 Å². The van der Waals surface area contributed by atoms with Crippen LogP contribution in [-0.2, 0) is 13.0 Å². The Balaban J connectivity index is 1.83. The zero-order valence-electron chi connectivity index (χ0n) is 11.6. The number of fused-ring (bicyclic) bond motifs is 1. The molecule has 2 aromatic rings. The number of rotatable bonds is 5. The molecule has 0 aliphatic carbocycles. The number of aryl methyl sites for hydroxylation is 1. The van der Waals surface area contributed by atoms with Gasteiger partial charge in [0.25, 0.3) is 0 Å². The molecule has 3 rings (SSSR count). The molecule has 0 saturated carbocycles. The summed E-state index contributed by atoms with van der Waals surface area (Å²) in [5.74, 6) is 6.87. The maximum Gasteiger partial charge on any atom is 0.128 e. The molecule has 0 spiro atoms. The first kappa shape index (κ1) is 13.7. The minimum Gasteiger partial charge on any atom is -0.334 e. The Morgan fingerprint density at radius 3 is 3.10 bits per heavy atom. The van der Waals surface area contributed by atoms with Crippen molar-refractivity contribution >= 4 is 11.8 Å². The average molecular weight is 288 g/mol. The van der Waals surface area contributed by atoms with Crippen molar-refractivity contribution in [2.24, 2.45) is 5.84 Å². The molecule has 1 aliphatic rings. The molecule has 2 atom stereocenters. The highest BCUT2D eigenvalue weighted by Crippen LogP contribution is 2.41. The van der Waals surface area contributed by atoms with Gasteiger partial charge in [0, 0.05) is 29.1 Å². The van der Waals surface area contributed by atoms with Crippen LogP contribution in [-0.4, -0.2) is 14.8 Å². The maximum atomic E-state index is 5.83. The zero-order valence-corrected chi connectivity index (χ0v) is 12.4. The summed E-state index contributed by atoms with van der Waals surface area (Å²) in [6, 6.07) is 8.66. The molecule has 4 nitrogen and oxygen atoms in total. The molecule has 1 aromatic carbocycles. The summed E-state index contributed by atoms with van der Waals surface area (Å²) >= 11 is 1.90. The third-order valence-electron chi connectivity index (χ3n) is 3.71. The first-order chi connectivity index (χ1) is 9.83. The summed E-state index contributed by atoms with van der Waals surface area (Å²) in [4.78, 5) is 5.89. The van der Waals surface area contributed by atoms with E-state index in [1.165, 1.54) is 10.5 Å². The molecular weight excluding hydrogens is 268 g/mol. The quantitative estimate of drug-likeness (QED) is 0.656. The zero-order chi connectivity index (χ0) is 13.9. The Hall–Kier alpha value is -1.30. The number of hydrazine groups is 1. The predicted molar refractivity (Wildman–Crippen MR) is 82.4 cm³/mol. The second-order valence-electron chi connectivity index (χ2n) is 5.09. The minimum atomic E-state index is 0.0777. The minimum absolute atomic E-state index is 0.0777. The summed E-state index contributed by atoms with van der Waals surface area (Å²) in [6.07, 6.45) is 6.03. The van der Waals surface area contributed by atoms with Crippen LogP contribution in [0.1, 0.15) is 30.8 Å². The molecule has 1 aromatic heterocycles. The van der Waals surface area contributed by atoms with Gasteiger partial charge in [-0.25, -0.2) is 10.4 Å². The smallest absolute Gasteiger partial charge is 0.128 e. The number of nitrogens with zero attached hydrogens (tertiary/aromatic N) is 2. The Labute approximate surface area is 123 Å². The van der Waals surface area contributed by atoms with E-state index in [0.29, 0.717) is 5.25 Å². The van der Waals surface area contributed by atoms with Gasteiger partial charge in [-0.05, 0) is 24.5 Å². The van der Waals surface area contributed by atoms with Gasteiger partial charge in [0.2, 0.25) is 0 Å². The molecule has 0 saturated heterocycles. The topological polar surface area (TPSA) is 55.9 Å². The van der Waals surface area contributed by atoms with E-state index in [9.17, 15) is 0 Å². The second kappa shape index (κ2) is 5.99. The molecule has 0 amide bonds. The van der Waals surface area contributed by atoms with Crippen LogP contribution < -0.4 is 11.3 Å². The number of hydrogen-bond acceptors (Lipinski definition) is 4. The molecule has 0 radical (unpaired) electrons. The molecule has 2 heterocycles. The van der Waals surface area contributed by atoms with Crippen molar-refractivity contribution in [3.05, 3.63) is 48.0 Å². The van der Waals surface area contributed by atoms with Crippen LogP contribution in [0.2, 0.25) is 0 Å². The van der Waals surface area contributed by atoms with Crippen LogP contribution in [0.25, 0.3) is 0 Å². The summed E-state index contributed by atoms with van der Waals surface area (Å²) in [7, 11) is 0. The normalized spacial score (nSPS) is 19.0. The van der Waals surface area contributed by atoms with Gasteiger partial charge in [-0.15, -0.1) is 11.8 Å². The van der Waals surface area contributed by atoms with Crippen molar-refractivity contribution in [2.75, 3.05) is 0 Å². The monoisotopic (exact) mass is 288 g/mol. The van der Waals surface area contributed by atoms with Gasteiger partial charge in [-0.3, -0.25) is 5.84 Å². The van der Waals surface area contributed by atoms with Gasteiger partial charge >= 0.3 is 0 Å². The van der Waals surface area contributed by atoms with E-state index < -0.39 is 0 Å². The molecule has 1 aliphatic heterocycles. The number of nitrogens with one attached hydrogen (secondary N) is 1. The predicted octanol–water partition coefficient (Wildman–Crippen LogP) is 2.51. The summed E-state index contributed by atoms with van der Waals surface area (Å²) in [5, 5.41) is 0.399. The molecule has 5 heteroatoms. The van der Waals surface area contributed by atoms with E-state index in [0.717, 1.165) is 25.2 Å². The van der Waals surface area contributed by atoms with E-state index in [2.05, 4.69) is 46.2 Å². The highest BCUT2D eigenvalue weighted by Gasteiger charge is 2.32. The number of imidazole rings is 1. The number of benzene rings is 1. The lowest BCUT2D eigenvalue weighted by molar-refractivity contribution is 0.476. The molecule has 2 unspecified atom stereocenters. The molecule has 20 heavy (non-hydrogen) atoms. The molecule has 0 bridgehead atoms. The van der Waals surface area contributed by atoms with E-state index in [4.69, 9.17) is 5.84 Å². The van der Waals surface area contributed by atoms with Crippen molar-refractivity contribution < 1.29 is 0 Å². The van der Waals surface area contributed by atoms with E-state index in [1.807, 2.05) is 24.2 Å². The molecule has 0 fully saturated rings. The van der Waals surface area contributed by atoms with E-state index >= 15 is 0 Å². The lowest BCUT2D eigenvalue weighted by Crippen LogP contribution is -2.37. The van der Waals surface area contributed by atoms with E-state index in [1.54, 1.807) is 0 Å². The van der Waals surface area contributed by atoms with Crippen molar-refractivity contribution in [3.8, 4) is 0 Å². The van der Waals surface area contributed by atoms with Gasteiger partial charge in [0.15, 0.2) is 0 Å². The Morgan fingerprint density at radius 2 is 2.35 bits per heavy atom. The number of aromatic nitrogens is 2. The maximum absolute atomic E-state index is 5.83. The van der Waals surface area contributed by atoms with Crippen molar-refractivity contribution in [3.63, 3.8) is 0 Å². The van der Waals surface area contributed by atoms with Crippen LogP contribution >= 0.6 is 11.8 Å². The third kappa shape index (κ3) is 2.49. The van der Waals surface area contributed by atoms with Crippen molar-refractivity contribution in [1.82, 2.24) is 15.0 Å². The molecular formula is C15H20N4S. The van der Waals surface area contributed by atoms with Gasteiger partial charge in [-0.1, -0.05) is 25.1 Å². The SMILES string of the molecule is CCCn1ccnc1C(NN)C1Cc2ccccc2S1. The number of nitrogens with two attached hydrogens (primary N) is 1. The van der Waals surface area contributed by atoms with Gasteiger partial charge < -0.3 is 4.57 Å². The summed E-state index contributed by atoms with van der Waals surface area (Å²) < 4.78 is 2.20. The Kier molecular flexibility index (Phi) is 4.10. The highest BCUT2D eigenvalue weighted by molar-refractivity contribution is 8.00. The molecule has 3 N–H and O–H groups in total. The lowest BCUT2D eigenvalue weighted by atomic mass is 10.0. The fourth-order valence-corrected chi connectivity index (χ4v) is 4.16. The highest BCUT2D eigenvalue weighted by atomic mass is 32.2. The van der Waals surface area contributed by atoms with Crippen molar-refractivity contribution in [2.45, 2.75) is 42.5 Å². The molecule has 106 valence electrons. The van der Waals surface area contributed by atoms with Crippen LogP contribution in [0, 0.1) is 0 Å². The van der Waals surface area contributed by atoms with Gasteiger partial charge in [0.05, 0.1) is 6.04 Å². The standard InChI is InChI=1S/C15H20N4S/c1-2-8-19-9-7-17-15(19)14(18-16)13-10-11-5-3-4-6-12(11)20-13/h3-7,9,13-14,18H,2,8,10,16H2,1H3. The second-order valence-corrected chi connectivity index (χ2v) is 6.37. The van der Waals surface area contributed by atoms with Gasteiger partial charge in [-0.2, -0.15) is 0 Å². The van der Waals surface area contributed by atoms with Crippen LogP contribution in [0.4, 0.5) is 0 Å².